The molecule has 0 nitrogen and oxygen atoms in total. The first kappa shape index (κ1) is 20.9. The molecule has 0 saturated carbocycles. The molecule has 0 aliphatic carbocycles. The fourth-order valence-electron chi connectivity index (χ4n) is 1.47. The number of alkyl halides is 4. The first-order valence-corrected chi connectivity index (χ1v) is 5.71. The molecule has 0 aliphatic rings. The molecule has 0 amide bonds. The molecule has 0 N–H and O–H groups in total. The Morgan fingerprint density at radius 1 is 0.833 bits per heavy atom. The maximum absolute atomic E-state index is 12.4. The van der Waals surface area contributed by atoms with Crippen LogP contribution in [0.5, 0.6) is 0 Å². The van der Waals surface area contributed by atoms with Crippen molar-refractivity contribution in [3.05, 3.63) is 6.43 Å². The molecule has 104 valence electrons. The van der Waals surface area contributed by atoms with Crippen LogP contribution >= 0.6 is 0 Å². The van der Waals surface area contributed by atoms with Crippen molar-refractivity contribution >= 4 is 0 Å². The van der Waals surface area contributed by atoms with Gasteiger partial charge < -0.3 is 8.78 Å². The van der Waals surface area contributed by atoms with Gasteiger partial charge in [-0.25, -0.2) is 0 Å². The Morgan fingerprint density at radius 2 is 1.28 bits per heavy atom. The van der Waals surface area contributed by atoms with Crippen LogP contribution in [-0.4, -0.2) is 12.3 Å². The summed E-state index contributed by atoms with van der Waals surface area (Å²) >= 11 is 0. The summed E-state index contributed by atoms with van der Waals surface area (Å²) in [5.74, 6) is 0. The predicted molar refractivity (Wildman–Crippen MR) is 53.3 cm³/mol. The van der Waals surface area contributed by atoms with Crippen LogP contribution in [0.15, 0.2) is 0 Å². The summed E-state index contributed by atoms with van der Waals surface area (Å²) in [6.45, 7) is 0. The number of halogens is 6. The van der Waals surface area contributed by atoms with Crippen molar-refractivity contribution in [1.82, 2.24) is 0 Å². The molecule has 0 aromatic rings. The quantitative estimate of drug-likeness (QED) is 0.264. The van der Waals surface area contributed by atoms with Crippen LogP contribution < -0.4 is 29.6 Å². The van der Waals surface area contributed by atoms with E-state index >= 15 is 0 Å². The van der Waals surface area contributed by atoms with Crippen molar-refractivity contribution in [1.29, 1.82) is 0 Å². The van der Waals surface area contributed by atoms with E-state index in [1.807, 2.05) is 0 Å². The number of rotatable bonds is 9. The number of hydrogen-bond acceptors (Lipinski definition) is 0. The van der Waals surface area contributed by atoms with Crippen molar-refractivity contribution in [2.75, 3.05) is 0 Å². The van der Waals surface area contributed by atoms with E-state index in [9.17, 15) is 26.3 Å². The van der Waals surface area contributed by atoms with Gasteiger partial charge in [-0.15, -0.1) is 0 Å². The minimum absolute atomic E-state index is 0. The van der Waals surface area contributed by atoms with Gasteiger partial charge in [0.15, 0.2) is 0 Å². The molecule has 0 aromatic carbocycles. The molecule has 0 radical (unpaired) electrons. The molecule has 0 aliphatic heterocycles. The molecule has 0 saturated heterocycles. The molecule has 0 aromatic heterocycles. The van der Waals surface area contributed by atoms with Crippen molar-refractivity contribution in [3.8, 4) is 0 Å². The Balaban J connectivity index is 0. The smallest absolute Gasteiger partial charge is 0.418 e. The summed E-state index contributed by atoms with van der Waals surface area (Å²) in [5.41, 5.74) is 0. The molecule has 0 heterocycles. The summed E-state index contributed by atoms with van der Waals surface area (Å²) in [6.07, 6.45) is -6.63. The fraction of sp³-hybridized carbons (Fsp3) is 0.909. The van der Waals surface area contributed by atoms with Gasteiger partial charge in [0.05, 0.1) is 0 Å². The van der Waals surface area contributed by atoms with Crippen LogP contribution in [0.1, 0.15) is 51.4 Å². The second-order valence-corrected chi connectivity index (χ2v) is 4.03. The predicted octanol–water partition coefficient (Wildman–Crippen LogP) is 2.44. The van der Waals surface area contributed by atoms with Gasteiger partial charge in [0, 0.05) is 19.0 Å². The van der Waals surface area contributed by atoms with E-state index in [0.717, 1.165) is 0 Å². The second kappa shape index (κ2) is 11.4. The topological polar surface area (TPSA) is 0 Å². The van der Waals surface area contributed by atoms with Crippen molar-refractivity contribution in [3.63, 3.8) is 0 Å². The SMILES string of the molecule is F[C-](F)C(F)CCCCCCCCC(F)(F)F.[Na+]. The zero-order valence-electron chi connectivity index (χ0n) is 10.5. The van der Waals surface area contributed by atoms with Crippen LogP contribution in [-0.2, 0) is 0 Å². The van der Waals surface area contributed by atoms with E-state index in [2.05, 4.69) is 0 Å². The molecule has 1 unspecified atom stereocenters. The van der Waals surface area contributed by atoms with Crippen LogP contribution in [0.2, 0.25) is 0 Å². The summed E-state index contributed by atoms with van der Waals surface area (Å²) in [5, 5.41) is 0. The van der Waals surface area contributed by atoms with Gasteiger partial charge in [-0.3, -0.25) is 4.39 Å². The van der Waals surface area contributed by atoms with Gasteiger partial charge in [-0.05, 0) is 12.8 Å². The molecule has 18 heavy (non-hydrogen) atoms. The Hall–Kier alpha value is 0.580. The molecular formula is C11H17F6Na. The van der Waals surface area contributed by atoms with Crippen LogP contribution in [0.25, 0.3) is 0 Å². The fourth-order valence-corrected chi connectivity index (χ4v) is 1.47. The number of unbranched alkanes of at least 4 members (excludes halogenated alkanes) is 5. The van der Waals surface area contributed by atoms with E-state index < -0.39 is 25.2 Å². The summed E-state index contributed by atoms with van der Waals surface area (Å²) in [6, 6.07) is 0. The molecule has 0 fully saturated rings. The largest absolute Gasteiger partial charge is 1.00 e. The number of hydrogen-bond donors (Lipinski definition) is 0. The Morgan fingerprint density at radius 3 is 1.72 bits per heavy atom. The minimum Gasteiger partial charge on any atom is -0.418 e. The monoisotopic (exact) mass is 286 g/mol. The van der Waals surface area contributed by atoms with E-state index in [-0.39, 0.29) is 42.4 Å². The van der Waals surface area contributed by atoms with E-state index in [1.165, 1.54) is 0 Å². The van der Waals surface area contributed by atoms with Crippen LogP contribution in [0.4, 0.5) is 26.3 Å². The van der Waals surface area contributed by atoms with Crippen molar-refractivity contribution in [2.45, 2.75) is 63.7 Å². The third kappa shape index (κ3) is 14.6. The maximum Gasteiger partial charge on any atom is 1.00 e. The average Bonchev–Trinajstić information content (AvgIpc) is 2.19. The molecule has 0 spiro atoms. The maximum atomic E-state index is 12.4. The zero-order valence-corrected chi connectivity index (χ0v) is 12.5. The molecule has 1 atom stereocenters. The average molecular weight is 286 g/mol. The Labute approximate surface area is 126 Å². The Kier molecular flexibility index (Phi) is 13.2. The van der Waals surface area contributed by atoms with Gasteiger partial charge in [0.2, 0.25) is 0 Å². The molecule has 0 rings (SSSR count). The standard InChI is InChI=1S/C11H17F6.Na/c12-9(10(13)14)7-5-3-1-2-4-6-8-11(15,16)17;/h9H,1-8H2;/q-1;+1. The third-order valence-corrected chi connectivity index (χ3v) is 2.40. The van der Waals surface area contributed by atoms with E-state index in [1.54, 1.807) is 0 Å². The first-order valence-electron chi connectivity index (χ1n) is 5.71. The summed E-state index contributed by atoms with van der Waals surface area (Å²) < 4.78 is 70.9. The van der Waals surface area contributed by atoms with E-state index in [4.69, 9.17) is 0 Å². The van der Waals surface area contributed by atoms with Crippen molar-refractivity contribution < 1.29 is 55.9 Å². The van der Waals surface area contributed by atoms with Gasteiger partial charge in [-0.2, -0.15) is 13.2 Å². The third-order valence-electron chi connectivity index (χ3n) is 2.40. The second-order valence-electron chi connectivity index (χ2n) is 4.03. The molecular weight excluding hydrogens is 269 g/mol. The van der Waals surface area contributed by atoms with Gasteiger partial charge in [0.1, 0.15) is 0 Å². The summed E-state index contributed by atoms with van der Waals surface area (Å²) in [7, 11) is 0. The molecule has 7 heteroatoms. The first-order chi connectivity index (χ1) is 7.83. The molecule has 0 bridgehead atoms. The van der Waals surface area contributed by atoms with Gasteiger partial charge in [-0.1, -0.05) is 32.1 Å². The van der Waals surface area contributed by atoms with E-state index in [0.29, 0.717) is 32.1 Å². The van der Waals surface area contributed by atoms with Gasteiger partial charge >= 0.3 is 35.7 Å². The minimum atomic E-state index is -4.10. The van der Waals surface area contributed by atoms with Crippen LogP contribution in [0, 0.1) is 6.43 Å². The Bertz CT molecular complexity index is 183. The normalized spacial score (nSPS) is 13.5. The van der Waals surface area contributed by atoms with Crippen LogP contribution in [0.3, 0.4) is 0 Å². The summed E-state index contributed by atoms with van der Waals surface area (Å²) in [4.78, 5) is 0. The van der Waals surface area contributed by atoms with Crippen molar-refractivity contribution in [2.24, 2.45) is 0 Å². The van der Waals surface area contributed by atoms with Gasteiger partial charge in [0.25, 0.3) is 0 Å². The zero-order chi connectivity index (χ0) is 13.3.